The number of hydrogen-bond donors (Lipinski definition) is 2. The third-order valence-corrected chi connectivity index (χ3v) is 4.93. The SMILES string of the molecule is CCC(NC1CCCC1(C)C)c1cc(Br)ccc1O. The second kappa shape index (κ2) is 5.84. The quantitative estimate of drug-likeness (QED) is 0.835. The molecule has 0 aromatic heterocycles. The van der Waals surface area contributed by atoms with Crippen LogP contribution in [0.4, 0.5) is 0 Å². The summed E-state index contributed by atoms with van der Waals surface area (Å²) in [7, 11) is 0. The van der Waals surface area contributed by atoms with E-state index < -0.39 is 0 Å². The van der Waals surface area contributed by atoms with Gasteiger partial charge in [-0.05, 0) is 42.9 Å². The highest BCUT2D eigenvalue weighted by atomic mass is 79.9. The van der Waals surface area contributed by atoms with Gasteiger partial charge in [-0.15, -0.1) is 0 Å². The highest BCUT2D eigenvalue weighted by Crippen LogP contribution is 2.39. The lowest BCUT2D eigenvalue weighted by molar-refractivity contribution is 0.257. The molecule has 0 spiro atoms. The minimum atomic E-state index is 0.222. The number of rotatable bonds is 4. The Bertz CT molecular complexity index is 444. The fourth-order valence-corrected chi connectivity index (χ4v) is 3.49. The molecule has 2 N–H and O–H groups in total. The van der Waals surface area contributed by atoms with Crippen molar-refractivity contribution in [3.8, 4) is 5.75 Å². The zero-order valence-electron chi connectivity index (χ0n) is 12.0. The van der Waals surface area contributed by atoms with Crippen molar-refractivity contribution in [1.29, 1.82) is 0 Å². The van der Waals surface area contributed by atoms with Gasteiger partial charge in [0.25, 0.3) is 0 Å². The van der Waals surface area contributed by atoms with E-state index in [1.165, 1.54) is 19.3 Å². The summed E-state index contributed by atoms with van der Waals surface area (Å²) in [4.78, 5) is 0. The summed E-state index contributed by atoms with van der Waals surface area (Å²) in [5.41, 5.74) is 1.36. The molecule has 1 aromatic carbocycles. The van der Waals surface area contributed by atoms with Crippen LogP contribution in [0.2, 0.25) is 0 Å². The fourth-order valence-electron chi connectivity index (χ4n) is 3.11. The molecular formula is C16H24BrNO. The van der Waals surface area contributed by atoms with Crippen molar-refractivity contribution in [2.45, 2.75) is 58.5 Å². The lowest BCUT2D eigenvalue weighted by Gasteiger charge is -2.32. The Morgan fingerprint density at radius 2 is 2.21 bits per heavy atom. The number of phenols is 1. The van der Waals surface area contributed by atoms with Gasteiger partial charge in [0.1, 0.15) is 5.75 Å². The Morgan fingerprint density at radius 3 is 2.79 bits per heavy atom. The topological polar surface area (TPSA) is 32.3 Å². The second-order valence-corrected chi connectivity index (χ2v) is 7.18. The van der Waals surface area contributed by atoms with Crippen LogP contribution >= 0.6 is 15.9 Å². The number of aromatic hydroxyl groups is 1. The first kappa shape index (κ1) is 14.9. The third kappa shape index (κ3) is 3.32. The van der Waals surface area contributed by atoms with Crippen LogP contribution in [0.15, 0.2) is 22.7 Å². The lowest BCUT2D eigenvalue weighted by Crippen LogP contribution is -2.39. The number of benzene rings is 1. The van der Waals surface area contributed by atoms with E-state index in [4.69, 9.17) is 0 Å². The Labute approximate surface area is 124 Å². The van der Waals surface area contributed by atoms with Gasteiger partial charge in [-0.1, -0.05) is 43.1 Å². The van der Waals surface area contributed by atoms with E-state index in [1.807, 2.05) is 12.1 Å². The van der Waals surface area contributed by atoms with Crippen LogP contribution in [0.1, 0.15) is 58.1 Å². The van der Waals surface area contributed by atoms with Crippen molar-refractivity contribution in [2.75, 3.05) is 0 Å². The van der Waals surface area contributed by atoms with Gasteiger partial charge in [-0.25, -0.2) is 0 Å². The Hall–Kier alpha value is -0.540. The Kier molecular flexibility index (Phi) is 4.57. The van der Waals surface area contributed by atoms with Crippen molar-refractivity contribution >= 4 is 15.9 Å². The monoisotopic (exact) mass is 325 g/mol. The molecule has 0 radical (unpaired) electrons. The van der Waals surface area contributed by atoms with E-state index in [0.29, 0.717) is 17.2 Å². The van der Waals surface area contributed by atoms with E-state index in [-0.39, 0.29) is 6.04 Å². The van der Waals surface area contributed by atoms with Gasteiger partial charge in [-0.3, -0.25) is 0 Å². The van der Waals surface area contributed by atoms with Gasteiger partial charge in [-0.2, -0.15) is 0 Å². The fraction of sp³-hybridized carbons (Fsp3) is 0.625. The van der Waals surface area contributed by atoms with Gasteiger partial charge in [0, 0.05) is 22.1 Å². The average molecular weight is 326 g/mol. The van der Waals surface area contributed by atoms with Crippen LogP contribution in [-0.4, -0.2) is 11.1 Å². The van der Waals surface area contributed by atoms with Crippen LogP contribution in [0.25, 0.3) is 0 Å². The molecule has 0 amide bonds. The summed E-state index contributed by atoms with van der Waals surface area (Å²) in [5.74, 6) is 0.387. The van der Waals surface area contributed by atoms with Crippen LogP contribution < -0.4 is 5.32 Å². The molecule has 0 bridgehead atoms. The number of phenolic OH excluding ortho intramolecular Hbond substituents is 1. The highest BCUT2D eigenvalue weighted by Gasteiger charge is 2.35. The molecule has 2 rings (SSSR count). The first-order chi connectivity index (χ1) is 8.94. The minimum absolute atomic E-state index is 0.222. The van der Waals surface area contributed by atoms with Crippen LogP contribution in [-0.2, 0) is 0 Å². The molecule has 1 saturated carbocycles. The van der Waals surface area contributed by atoms with Gasteiger partial charge in [0.05, 0.1) is 0 Å². The summed E-state index contributed by atoms with van der Waals surface area (Å²) in [5, 5.41) is 13.8. The van der Waals surface area contributed by atoms with Crippen molar-refractivity contribution in [1.82, 2.24) is 5.32 Å². The van der Waals surface area contributed by atoms with Crippen LogP contribution in [0, 0.1) is 5.41 Å². The lowest BCUT2D eigenvalue weighted by atomic mass is 9.86. The van der Waals surface area contributed by atoms with E-state index in [0.717, 1.165) is 16.5 Å². The number of hydrogen-bond acceptors (Lipinski definition) is 2. The van der Waals surface area contributed by atoms with Gasteiger partial charge in [0.15, 0.2) is 0 Å². The first-order valence-electron chi connectivity index (χ1n) is 7.18. The molecule has 1 aromatic rings. The zero-order chi connectivity index (χ0) is 14.0. The van der Waals surface area contributed by atoms with Crippen molar-refractivity contribution < 1.29 is 5.11 Å². The average Bonchev–Trinajstić information content (AvgIpc) is 2.69. The van der Waals surface area contributed by atoms with Crippen LogP contribution in [0.3, 0.4) is 0 Å². The molecule has 2 nitrogen and oxygen atoms in total. The van der Waals surface area contributed by atoms with Crippen LogP contribution in [0.5, 0.6) is 5.75 Å². The standard InChI is InChI=1S/C16H24BrNO/c1-4-13(12-10-11(17)7-8-14(12)19)18-15-6-5-9-16(15,2)3/h7-8,10,13,15,18-19H,4-6,9H2,1-3H3. The van der Waals surface area contributed by atoms with Crippen molar-refractivity contribution in [2.24, 2.45) is 5.41 Å². The molecule has 0 aliphatic heterocycles. The molecule has 1 aliphatic carbocycles. The molecule has 2 atom stereocenters. The Balaban J connectivity index is 2.18. The van der Waals surface area contributed by atoms with Gasteiger partial charge < -0.3 is 10.4 Å². The Morgan fingerprint density at radius 1 is 1.47 bits per heavy atom. The first-order valence-corrected chi connectivity index (χ1v) is 7.98. The van der Waals surface area contributed by atoms with Crippen molar-refractivity contribution in [3.05, 3.63) is 28.2 Å². The third-order valence-electron chi connectivity index (χ3n) is 4.43. The largest absolute Gasteiger partial charge is 0.508 e. The van der Waals surface area contributed by atoms with E-state index in [1.54, 1.807) is 6.07 Å². The summed E-state index contributed by atoms with van der Waals surface area (Å²) in [6.45, 7) is 6.84. The number of halogens is 1. The highest BCUT2D eigenvalue weighted by molar-refractivity contribution is 9.10. The summed E-state index contributed by atoms with van der Waals surface area (Å²) in [6.07, 6.45) is 4.80. The normalized spacial score (nSPS) is 23.5. The molecular weight excluding hydrogens is 302 g/mol. The molecule has 1 fully saturated rings. The number of nitrogens with one attached hydrogen (secondary N) is 1. The van der Waals surface area contributed by atoms with Crippen molar-refractivity contribution in [3.63, 3.8) is 0 Å². The molecule has 3 heteroatoms. The van der Waals surface area contributed by atoms with E-state index in [2.05, 4.69) is 42.0 Å². The predicted octanol–water partition coefficient (Wildman–Crippen LogP) is 4.77. The predicted molar refractivity (Wildman–Crippen MR) is 83.4 cm³/mol. The molecule has 1 aliphatic rings. The maximum Gasteiger partial charge on any atom is 0.120 e. The summed E-state index contributed by atoms with van der Waals surface area (Å²) in [6, 6.07) is 6.43. The zero-order valence-corrected chi connectivity index (χ0v) is 13.6. The van der Waals surface area contributed by atoms with Gasteiger partial charge in [0.2, 0.25) is 0 Å². The molecule has 106 valence electrons. The van der Waals surface area contributed by atoms with E-state index >= 15 is 0 Å². The summed E-state index contributed by atoms with van der Waals surface area (Å²) < 4.78 is 1.02. The molecule has 19 heavy (non-hydrogen) atoms. The molecule has 0 saturated heterocycles. The summed E-state index contributed by atoms with van der Waals surface area (Å²) >= 11 is 3.49. The van der Waals surface area contributed by atoms with E-state index in [9.17, 15) is 5.11 Å². The molecule has 0 heterocycles. The molecule has 2 unspecified atom stereocenters. The second-order valence-electron chi connectivity index (χ2n) is 6.26. The minimum Gasteiger partial charge on any atom is -0.508 e. The maximum atomic E-state index is 10.1. The van der Waals surface area contributed by atoms with Gasteiger partial charge >= 0.3 is 0 Å². The smallest absolute Gasteiger partial charge is 0.120 e. The maximum absolute atomic E-state index is 10.1.